The van der Waals surface area contributed by atoms with E-state index in [0.29, 0.717) is 6.04 Å². The molecule has 5 nitrogen and oxygen atoms in total. The summed E-state index contributed by atoms with van der Waals surface area (Å²) in [5.41, 5.74) is 2.64. The van der Waals surface area contributed by atoms with Crippen LogP contribution in [0, 0.1) is 0 Å². The van der Waals surface area contributed by atoms with Crippen LogP contribution in [0.5, 0.6) is 0 Å². The van der Waals surface area contributed by atoms with Crippen molar-refractivity contribution in [2.24, 2.45) is 4.99 Å². The second-order valence-electron chi connectivity index (χ2n) is 7.69. The minimum Gasteiger partial charge on any atom is -0.378 e. The third kappa shape index (κ3) is 8.99. The summed E-state index contributed by atoms with van der Waals surface area (Å²) in [6, 6.07) is 9.39. The standard InChI is InChI=1S/C22H39N5.HI/c1-5-16-27-17-13-20(14-18-27)25-22(23-6-2)24-15-7-8-19-9-11-21(12-10-19)26(3)4;/h9-12,20H,5-8,13-18H2,1-4H3,(H2,23,24,25);1H. The SMILES string of the molecule is CCCN1CCC(NC(=NCCCc2ccc(N(C)C)cc2)NCC)CC1.I. The lowest BCUT2D eigenvalue weighted by molar-refractivity contribution is 0.206. The van der Waals surface area contributed by atoms with Crippen LogP contribution < -0.4 is 15.5 Å². The van der Waals surface area contributed by atoms with Crippen molar-refractivity contribution in [2.75, 3.05) is 51.7 Å². The first-order valence-electron chi connectivity index (χ1n) is 10.7. The molecular formula is C22H40IN5. The third-order valence-electron chi connectivity index (χ3n) is 5.16. The number of piperidine rings is 1. The number of rotatable bonds is 9. The largest absolute Gasteiger partial charge is 0.378 e. The Morgan fingerprint density at radius 3 is 2.39 bits per heavy atom. The Hall–Kier alpha value is -1.02. The molecule has 1 heterocycles. The highest BCUT2D eigenvalue weighted by atomic mass is 127. The molecule has 0 radical (unpaired) electrons. The smallest absolute Gasteiger partial charge is 0.191 e. The third-order valence-corrected chi connectivity index (χ3v) is 5.16. The van der Waals surface area contributed by atoms with Gasteiger partial charge in [0.25, 0.3) is 0 Å². The quantitative estimate of drug-likeness (QED) is 0.234. The summed E-state index contributed by atoms with van der Waals surface area (Å²) in [5.74, 6) is 0.981. The molecule has 0 amide bonds. The summed E-state index contributed by atoms with van der Waals surface area (Å²) in [4.78, 5) is 9.50. The maximum atomic E-state index is 4.80. The molecule has 0 atom stereocenters. The predicted octanol–water partition coefficient (Wildman–Crippen LogP) is 3.73. The fourth-order valence-electron chi connectivity index (χ4n) is 3.57. The van der Waals surface area contributed by atoms with Crippen LogP contribution in [0.15, 0.2) is 29.3 Å². The van der Waals surface area contributed by atoms with E-state index in [-0.39, 0.29) is 24.0 Å². The van der Waals surface area contributed by atoms with E-state index in [1.54, 1.807) is 0 Å². The highest BCUT2D eigenvalue weighted by molar-refractivity contribution is 14.0. The van der Waals surface area contributed by atoms with Crippen molar-refractivity contribution in [3.63, 3.8) is 0 Å². The molecule has 2 N–H and O–H groups in total. The molecule has 1 aromatic rings. The molecule has 6 heteroatoms. The van der Waals surface area contributed by atoms with Gasteiger partial charge in [-0.1, -0.05) is 19.1 Å². The molecule has 0 saturated carbocycles. The minimum atomic E-state index is 0. The van der Waals surface area contributed by atoms with Gasteiger partial charge in [0.1, 0.15) is 0 Å². The van der Waals surface area contributed by atoms with E-state index >= 15 is 0 Å². The molecule has 0 aromatic heterocycles. The van der Waals surface area contributed by atoms with Crippen LogP contribution in [0.4, 0.5) is 5.69 Å². The second-order valence-corrected chi connectivity index (χ2v) is 7.69. The van der Waals surface area contributed by atoms with Crippen LogP contribution in [0.1, 0.15) is 45.1 Å². The van der Waals surface area contributed by atoms with Gasteiger partial charge in [-0.05, 0) is 63.3 Å². The Bertz CT molecular complexity index is 551. The zero-order chi connectivity index (χ0) is 19.5. The molecular weight excluding hydrogens is 461 g/mol. The zero-order valence-corrected chi connectivity index (χ0v) is 20.5. The van der Waals surface area contributed by atoms with Crippen LogP contribution >= 0.6 is 24.0 Å². The number of anilines is 1. The summed E-state index contributed by atoms with van der Waals surface area (Å²) >= 11 is 0. The van der Waals surface area contributed by atoms with Crippen LogP contribution in [-0.2, 0) is 6.42 Å². The van der Waals surface area contributed by atoms with Gasteiger partial charge in [0.05, 0.1) is 0 Å². The Kier molecular flexibility index (Phi) is 12.5. The van der Waals surface area contributed by atoms with Crippen LogP contribution in [0.2, 0.25) is 0 Å². The monoisotopic (exact) mass is 501 g/mol. The van der Waals surface area contributed by atoms with Crippen molar-refractivity contribution < 1.29 is 0 Å². The molecule has 1 saturated heterocycles. The minimum absolute atomic E-state index is 0. The van der Waals surface area contributed by atoms with E-state index in [2.05, 4.69) is 72.6 Å². The normalized spacial score (nSPS) is 15.8. The van der Waals surface area contributed by atoms with Gasteiger partial charge in [-0.3, -0.25) is 4.99 Å². The molecule has 0 unspecified atom stereocenters. The average Bonchev–Trinajstić information content (AvgIpc) is 2.67. The van der Waals surface area contributed by atoms with E-state index in [9.17, 15) is 0 Å². The number of hydrogen-bond acceptors (Lipinski definition) is 3. The van der Waals surface area contributed by atoms with Crippen molar-refractivity contribution >= 4 is 35.6 Å². The summed E-state index contributed by atoms with van der Waals surface area (Å²) in [7, 11) is 4.15. The van der Waals surface area contributed by atoms with E-state index in [1.165, 1.54) is 50.1 Å². The first-order valence-corrected chi connectivity index (χ1v) is 10.7. The maximum Gasteiger partial charge on any atom is 0.191 e. The van der Waals surface area contributed by atoms with E-state index in [0.717, 1.165) is 31.9 Å². The molecule has 1 aliphatic heterocycles. The Morgan fingerprint density at radius 1 is 1.14 bits per heavy atom. The fraction of sp³-hybridized carbons (Fsp3) is 0.682. The number of aliphatic imine (C=N–C) groups is 1. The lowest BCUT2D eigenvalue weighted by Crippen LogP contribution is -2.48. The molecule has 28 heavy (non-hydrogen) atoms. The van der Waals surface area contributed by atoms with Crippen molar-refractivity contribution in [1.82, 2.24) is 15.5 Å². The molecule has 0 bridgehead atoms. The number of aryl methyl sites for hydroxylation is 1. The average molecular weight is 502 g/mol. The molecule has 0 aliphatic carbocycles. The van der Waals surface area contributed by atoms with Gasteiger partial charge >= 0.3 is 0 Å². The summed E-state index contributed by atoms with van der Waals surface area (Å²) in [6.45, 7) is 9.80. The molecule has 1 fully saturated rings. The van der Waals surface area contributed by atoms with Gasteiger partial charge in [-0.25, -0.2) is 0 Å². The number of halogens is 1. The van der Waals surface area contributed by atoms with Gasteiger partial charge in [-0.2, -0.15) is 0 Å². The van der Waals surface area contributed by atoms with Crippen LogP contribution in [-0.4, -0.2) is 63.7 Å². The Balaban J connectivity index is 0.00000392. The Morgan fingerprint density at radius 2 is 1.82 bits per heavy atom. The fourth-order valence-corrected chi connectivity index (χ4v) is 3.57. The highest BCUT2D eigenvalue weighted by Crippen LogP contribution is 2.13. The molecule has 0 spiro atoms. The topological polar surface area (TPSA) is 42.9 Å². The molecule has 1 aliphatic rings. The van der Waals surface area contributed by atoms with E-state index < -0.39 is 0 Å². The number of hydrogen-bond donors (Lipinski definition) is 2. The van der Waals surface area contributed by atoms with Crippen LogP contribution in [0.25, 0.3) is 0 Å². The van der Waals surface area contributed by atoms with Crippen LogP contribution in [0.3, 0.4) is 0 Å². The molecule has 1 aromatic carbocycles. The summed E-state index contributed by atoms with van der Waals surface area (Å²) in [6.07, 6.45) is 5.82. The lowest BCUT2D eigenvalue weighted by Gasteiger charge is -2.32. The van der Waals surface area contributed by atoms with E-state index in [1.807, 2.05) is 0 Å². The zero-order valence-electron chi connectivity index (χ0n) is 18.2. The lowest BCUT2D eigenvalue weighted by atomic mass is 10.1. The molecule has 160 valence electrons. The second kappa shape index (κ2) is 14.0. The van der Waals surface area contributed by atoms with Gasteiger partial charge in [0, 0.05) is 52.0 Å². The number of benzene rings is 1. The summed E-state index contributed by atoms with van der Waals surface area (Å²) < 4.78 is 0. The number of nitrogens with one attached hydrogen (secondary N) is 2. The summed E-state index contributed by atoms with van der Waals surface area (Å²) in [5, 5.41) is 7.05. The van der Waals surface area contributed by atoms with E-state index in [4.69, 9.17) is 4.99 Å². The van der Waals surface area contributed by atoms with Gasteiger partial charge in [0.2, 0.25) is 0 Å². The Labute approximate surface area is 189 Å². The number of likely N-dealkylation sites (tertiary alicyclic amines) is 1. The maximum absolute atomic E-state index is 4.80. The van der Waals surface area contributed by atoms with Gasteiger partial charge in [0.15, 0.2) is 5.96 Å². The van der Waals surface area contributed by atoms with Gasteiger partial charge in [-0.15, -0.1) is 24.0 Å². The molecule has 2 rings (SSSR count). The van der Waals surface area contributed by atoms with Crippen molar-refractivity contribution in [1.29, 1.82) is 0 Å². The number of nitrogens with zero attached hydrogens (tertiary/aromatic N) is 3. The predicted molar refractivity (Wildman–Crippen MR) is 133 cm³/mol. The van der Waals surface area contributed by atoms with Crippen molar-refractivity contribution in [3.8, 4) is 0 Å². The first kappa shape index (κ1) is 25.0. The first-order chi connectivity index (χ1) is 13.1. The van der Waals surface area contributed by atoms with Crippen molar-refractivity contribution in [3.05, 3.63) is 29.8 Å². The van der Waals surface area contributed by atoms with Gasteiger partial charge < -0.3 is 20.4 Å². The number of guanidine groups is 1. The van der Waals surface area contributed by atoms with Crippen molar-refractivity contribution in [2.45, 2.75) is 52.0 Å². The highest BCUT2D eigenvalue weighted by Gasteiger charge is 2.19.